The molecule has 2 aliphatic rings. The van der Waals surface area contributed by atoms with Gasteiger partial charge in [-0.3, -0.25) is 9.69 Å². The molecule has 2 aromatic rings. The molecule has 0 atom stereocenters. The third-order valence-electron chi connectivity index (χ3n) is 5.44. The lowest BCUT2D eigenvalue weighted by atomic mass is 10.0. The number of aliphatic carboxylic acids is 2. The highest BCUT2D eigenvalue weighted by Gasteiger charge is 2.35. The third-order valence-corrected chi connectivity index (χ3v) is 5.44. The van der Waals surface area contributed by atoms with E-state index in [1.165, 1.54) is 12.8 Å². The first-order chi connectivity index (χ1) is 16.3. The van der Waals surface area contributed by atoms with Gasteiger partial charge in [0.15, 0.2) is 17.3 Å². The Bertz CT molecular complexity index is 1000. The van der Waals surface area contributed by atoms with E-state index in [2.05, 4.69) is 20.4 Å². The SMILES string of the molecule is COc1ccc(CCNC(=O)CN2CC(c3nc(C4CC4)no3)C2)cc1OC.O=C(O)C(=O)O. The Labute approximate surface area is 195 Å². The molecule has 2 heterocycles. The molecule has 12 heteroatoms. The number of likely N-dealkylation sites (tertiary alicyclic amines) is 1. The average molecular weight is 476 g/mol. The van der Waals surface area contributed by atoms with Crippen molar-refractivity contribution in [3.05, 3.63) is 35.5 Å². The molecular formula is C22H28N4O8. The number of amides is 1. The van der Waals surface area contributed by atoms with Gasteiger partial charge in [0.2, 0.25) is 11.8 Å². The van der Waals surface area contributed by atoms with Gasteiger partial charge < -0.3 is 29.5 Å². The number of methoxy groups -OCH3 is 2. The molecule has 12 nitrogen and oxygen atoms in total. The molecule has 0 spiro atoms. The van der Waals surface area contributed by atoms with Crippen LogP contribution in [0.4, 0.5) is 0 Å². The van der Waals surface area contributed by atoms with Crippen LogP contribution in [0.3, 0.4) is 0 Å². The second-order valence-corrected chi connectivity index (χ2v) is 8.06. The van der Waals surface area contributed by atoms with Crippen molar-refractivity contribution in [2.75, 3.05) is 40.4 Å². The van der Waals surface area contributed by atoms with Gasteiger partial charge in [-0.25, -0.2) is 9.59 Å². The van der Waals surface area contributed by atoms with Crippen LogP contribution in [0.5, 0.6) is 11.5 Å². The van der Waals surface area contributed by atoms with Gasteiger partial charge in [-0.05, 0) is 37.0 Å². The number of aromatic nitrogens is 2. The van der Waals surface area contributed by atoms with E-state index >= 15 is 0 Å². The van der Waals surface area contributed by atoms with Gasteiger partial charge in [0.25, 0.3) is 0 Å². The molecule has 1 saturated carbocycles. The van der Waals surface area contributed by atoms with Crippen molar-refractivity contribution in [3.8, 4) is 11.5 Å². The number of hydrogen-bond acceptors (Lipinski definition) is 9. The summed E-state index contributed by atoms with van der Waals surface area (Å²) in [5.41, 5.74) is 1.09. The summed E-state index contributed by atoms with van der Waals surface area (Å²) in [5.74, 6) is 0.100. The lowest BCUT2D eigenvalue weighted by molar-refractivity contribution is -0.159. The van der Waals surface area contributed by atoms with Crippen LogP contribution < -0.4 is 14.8 Å². The van der Waals surface area contributed by atoms with Crippen LogP contribution in [-0.4, -0.2) is 83.5 Å². The number of carbonyl (C=O) groups excluding carboxylic acids is 1. The van der Waals surface area contributed by atoms with Crippen LogP contribution in [0.15, 0.2) is 22.7 Å². The Kier molecular flexibility index (Phi) is 8.41. The number of hydrogen-bond donors (Lipinski definition) is 3. The number of nitrogens with one attached hydrogen (secondary N) is 1. The van der Waals surface area contributed by atoms with Gasteiger partial charge >= 0.3 is 11.9 Å². The summed E-state index contributed by atoms with van der Waals surface area (Å²) in [6, 6.07) is 5.79. The number of benzene rings is 1. The molecule has 1 saturated heterocycles. The molecule has 4 rings (SSSR count). The first-order valence-corrected chi connectivity index (χ1v) is 10.8. The van der Waals surface area contributed by atoms with Crippen LogP contribution in [0.2, 0.25) is 0 Å². The van der Waals surface area contributed by atoms with Crippen molar-refractivity contribution >= 4 is 17.8 Å². The Morgan fingerprint density at radius 2 is 1.76 bits per heavy atom. The summed E-state index contributed by atoms with van der Waals surface area (Å²) < 4.78 is 15.9. The number of nitrogens with zero attached hydrogens (tertiary/aromatic N) is 3. The Balaban J connectivity index is 0.000000481. The van der Waals surface area contributed by atoms with Gasteiger partial charge in [0.05, 0.1) is 26.7 Å². The van der Waals surface area contributed by atoms with Crippen molar-refractivity contribution in [3.63, 3.8) is 0 Å². The standard InChI is InChI=1S/C20H26N4O4.C2H2O4/c1-26-16-6-3-13(9-17(16)27-2)7-8-21-18(25)12-24-10-15(11-24)20-22-19(23-28-20)14-4-5-14;3-1(4)2(5)6/h3,6,9,14-15H,4-5,7-8,10-12H2,1-2H3,(H,21,25);(H,3,4)(H,5,6). The van der Waals surface area contributed by atoms with Crippen LogP contribution >= 0.6 is 0 Å². The number of carbonyl (C=O) groups is 3. The minimum Gasteiger partial charge on any atom is -0.493 e. The Morgan fingerprint density at radius 1 is 1.09 bits per heavy atom. The quantitative estimate of drug-likeness (QED) is 0.440. The van der Waals surface area contributed by atoms with Crippen molar-refractivity contribution in [1.29, 1.82) is 0 Å². The van der Waals surface area contributed by atoms with Gasteiger partial charge in [-0.15, -0.1) is 0 Å². The van der Waals surface area contributed by atoms with Crippen LogP contribution in [0.25, 0.3) is 0 Å². The van der Waals surface area contributed by atoms with Crippen LogP contribution in [-0.2, 0) is 20.8 Å². The van der Waals surface area contributed by atoms with E-state index in [9.17, 15) is 4.79 Å². The van der Waals surface area contributed by atoms with Crippen LogP contribution in [0, 0.1) is 0 Å². The van der Waals surface area contributed by atoms with Crippen LogP contribution in [0.1, 0.15) is 42.0 Å². The minimum atomic E-state index is -1.82. The van der Waals surface area contributed by atoms with Gasteiger partial charge in [0.1, 0.15) is 0 Å². The predicted molar refractivity (Wildman–Crippen MR) is 117 cm³/mol. The minimum absolute atomic E-state index is 0.0307. The fourth-order valence-electron chi connectivity index (χ4n) is 3.42. The van der Waals surface area contributed by atoms with Gasteiger partial charge in [-0.1, -0.05) is 11.2 Å². The molecule has 1 aliphatic carbocycles. The molecule has 2 fully saturated rings. The van der Waals surface area contributed by atoms with E-state index < -0.39 is 11.9 Å². The molecule has 184 valence electrons. The molecule has 0 unspecified atom stereocenters. The average Bonchev–Trinajstić information content (AvgIpc) is 3.53. The van der Waals surface area contributed by atoms with E-state index in [0.29, 0.717) is 36.4 Å². The fraction of sp³-hybridized carbons (Fsp3) is 0.500. The monoisotopic (exact) mass is 476 g/mol. The summed E-state index contributed by atoms with van der Waals surface area (Å²) in [4.78, 5) is 36.9. The normalized spacial score (nSPS) is 15.5. The number of ether oxygens (including phenoxy) is 2. The summed E-state index contributed by atoms with van der Waals surface area (Å²) in [6.45, 7) is 2.55. The highest BCUT2D eigenvalue weighted by Crippen LogP contribution is 2.39. The lowest BCUT2D eigenvalue weighted by Gasteiger charge is -2.36. The molecule has 3 N–H and O–H groups in total. The highest BCUT2D eigenvalue weighted by atomic mass is 16.5. The molecule has 1 aliphatic heterocycles. The van der Waals surface area contributed by atoms with Gasteiger partial charge in [0, 0.05) is 25.6 Å². The number of rotatable bonds is 9. The maximum Gasteiger partial charge on any atom is 0.414 e. The smallest absolute Gasteiger partial charge is 0.414 e. The van der Waals surface area contributed by atoms with Crippen molar-refractivity contribution in [2.45, 2.75) is 31.1 Å². The second-order valence-electron chi connectivity index (χ2n) is 8.06. The maximum atomic E-state index is 12.2. The predicted octanol–water partition coefficient (Wildman–Crippen LogP) is 0.878. The molecule has 34 heavy (non-hydrogen) atoms. The summed E-state index contributed by atoms with van der Waals surface area (Å²) >= 11 is 0. The number of carboxylic acids is 2. The van der Waals surface area contributed by atoms with E-state index in [4.69, 9.17) is 33.8 Å². The zero-order valence-corrected chi connectivity index (χ0v) is 19.0. The molecule has 1 amide bonds. The third kappa shape index (κ3) is 6.91. The largest absolute Gasteiger partial charge is 0.493 e. The highest BCUT2D eigenvalue weighted by molar-refractivity contribution is 6.27. The zero-order chi connectivity index (χ0) is 24.7. The second kappa shape index (κ2) is 11.5. The Morgan fingerprint density at radius 3 is 2.35 bits per heavy atom. The van der Waals surface area contributed by atoms with E-state index in [0.717, 1.165) is 30.9 Å². The van der Waals surface area contributed by atoms with E-state index in [1.54, 1.807) is 14.2 Å². The van der Waals surface area contributed by atoms with E-state index in [1.807, 2.05) is 18.2 Å². The fourth-order valence-corrected chi connectivity index (χ4v) is 3.42. The summed E-state index contributed by atoms with van der Waals surface area (Å²) in [7, 11) is 3.23. The maximum absolute atomic E-state index is 12.2. The van der Waals surface area contributed by atoms with Crippen molar-refractivity contribution < 1.29 is 38.6 Å². The zero-order valence-electron chi connectivity index (χ0n) is 19.0. The lowest BCUT2D eigenvalue weighted by Crippen LogP contribution is -2.49. The Hall–Kier alpha value is -3.67. The molecule has 0 bridgehead atoms. The summed E-state index contributed by atoms with van der Waals surface area (Å²) in [5, 5.41) is 21.8. The first-order valence-electron chi connectivity index (χ1n) is 10.8. The van der Waals surface area contributed by atoms with E-state index in [-0.39, 0.29) is 11.8 Å². The van der Waals surface area contributed by atoms with Gasteiger partial charge in [-0.2, -0.15) is 4.98 Å². The topological polar surface area (TPSA) is 164 Å². The van der Waals surface area contributed by atoms with Crippen molar-refractivity contribution in [1.82, 2.24) is 20.4 Å². The molecule has 1 aromatic heterocycles. The molecule has 1 aromatic carbocycles. The van der Waals surface area contributed by atoms with Crippen molar-refractivity contribution in [2.24, 2.45) is 0 Å². The molecule has 0 radical (unpaired) electrons. The summed E-state index contributed by atoms with van der Waals surface area (Å²) in [6.07, 6.45) is 3.07. The number of carboxylic acid groups (broad SMARTS) is 2. The first kappa shape index (κ1) is 25.0. The molecular weight excluding hydrogens is 448 g/mol.